The van der Waals surface area contributed by atoms with Crippen LogP contribution in [0.15, 0.2) is 41.4 Å². The van der Waals surface area contributed by atoms with Crippen LogP contribution in [0.25, 0.3) is 0 Å². The molecule has 3 rings (SSSR count). The summed E-state index contributed by atoms with van der Waals surface area (Å²) in [5, 5.41) is 2.84. The van der Waals surface area contributed by atoms with E-state index in [1.54, 1.807) is 18.3 Å². The number of nitrogens with one attached hydrogen (secondary N) is 1. The monoisotopic (exact) mass is 451 g/mol. The first-order valence-corrected chi connectivity index (χ1v) is 11.7. The standard InChI is InChI=1S/C21H26ClN3O4S/c1-25(2)30(27,28)16-10-11-18(22)17(13-16)21(26)24-20-19(9-6-12-23-20)29-14-15-7-4-3-5-8-15/h6,9-13,15H,3-5,7-8,14H2,1-2H3,(H,23,24,26). The number of rotatable bonds is 7. The van der Waals surface area contributed by atoms with Crippen molar-refractivity contribution in [2.75, 3.05) is 26.0 Å². The summed E-state index contributed by atoms with van der Waals surface area (Å²) in [5.74, 6) is 0.696. The number of halogens is 1. The van der Waals surface area contributed by atoms with Crippen molar-refractivity contribution in [1.29, 1.82) is 0 Å². The molecule has 9 heteroatoms. The summed E-state index contributed by atoms with van der Waals surface area (Å²) >= 11 is 6.17. The molecular weight excluding hydrogens is 426 g/mol. The van der Waals surface area contributed by atoms with E-state index in [0.29, 0.717) is 18.3 Å². The summed E-state index contributed by atoms with van der Waals surface area (Å²) in [6.07, 6.45) is 7.55. The zero-order valence-corrected chi connectivity index (χ0v) is 18.7. The van der Waals surface area contributed by atoms with E-state index in [1.807, 2.05) is 0 Å². The lowest BCUT2D eigenvalue weighted by Gasteiger charge is -2.22. The highest BCUT2D eigenvalue weighted by atomic mass is 35.5. The maximum Gasteiger partial charge on any atom is 0.258 e. The lowest BCUT2D eigenvalue weighted by molar-refractivity contribution is 0.102. The third-order valence-corrected chi connectivity index (χ3v) is 7.30. The van der Waals surface area contributed by atoms with Crippen LogP contribution >= 0.6 is 11.6 Å². The molecule has 1 aliphatic rings. The van der Waals surface area contributed by atoms with Gasteiger partial charge in [0, 0.05) is 20.3 Å². The number of anilines is 1. The number of ether oxygens (including phenoxy) is 1. The van der Waals surface area contributed by atoms with Gasteiger partial charge >= 0.3 is 0 Å². The number of amides is 1. The van der Waals surface area contributed by atoms with Gasteiger partial charge < -0.3 is 10.1 Å². The van der Waals surface area contributed by atoms with Gasteiger partial charge in [-0.3, -0.25) is 4.79 Å². The number of benzene rings is 1. The summed E-state index contributed by atoms with van der Waals surface area (Å²) < 4.78 is 31.8. The maximum absolute atomic E-state index is 12.8. The highest BCUT2D eigenvalue weighted by Crippen LogP contribution is 2.28. The second-order valence-electron chi connectivity index (χ2n) is 7.55. The molecule has 0 unspecified atom stereocenters. The molecule has 0 spiro atoms. The van der Waals surface area contributed by atoms with E-state index in [-0.39, 0.29) is 21.3 Å². The van der Waals surface area contributed by atoms with Crippen LogP contribution in [0.5, 0.6) is 5.75 Å². The van der Waals surface area contributed by atoms with Crippen LogP contribution < -0.4 is 10.1 Å². The topological polar surface area (TPSA) is 88.6 Å². The molecule has 1 saturated carbocycles. The normalized spacial score (nSPS) is 15.2. The van der Waals surface area contributed by atoms with Gasteiger partial charge in [-0.1, -0.05) is 30.9 Å². The molecule has 0 aliphatic heterocycles. The van der Waals surface area contributed by atoms with Crippen molar-refractivity contribution in [3.8, 4) is 5.75 Å². The Morgan fingerprint density at radius 2 is 1.97 bits per heavy atom. The summed E-state index contributed by atoms with van der Waals surface area (Å²) in [4.78, 5) is 17.0. The molecule has 0 radical (unpaired) electrons. The average Bonchev–Trinajstić information content (AvgIpc) is 2.74. The van der Waals surface area contributed by atoms with Gasteiger partial charge in [-0.15, -0.1) is 0 Å². The molecule has 30 heavy (non-hydrogen) atoms. The molecule has 2 aromatic rings. The zero-order chi connectivity index (χ0) is 21.7. The van der Waals surface area contributed by atoms with E-state index in [0.717, 1.165) is 17.1 Å². The average molecular weight is 452 g/mol. The predicted octanol–water partition coefficient (Wildman–Crippen LogP) is 4.20. The number of aromatic nitrogens is 1. The summed E-state index contributed by atoms with van der Waals surface area (Å²) in [7, 11) is -0.849. The quantitative estimate of drug-likeness (QED) is 0.681. The lowest BCUT2D eigenvalue weighted by atomic mass is 9.90. The van der Waals surface area contributed by atoms with Gasteiger partial charge in [0.05, 0.1) is 22.1 Å². The van der Waals surface area contributed by atoms with Gasteiger partial charge in [-0.05, 0) is 49.1 Å². The summed E-state index contributed by atoms with van der Waals surface area (Å²) in [6, 6.07) is 7.52. The number of sulfonamides is 1. The molecule has 7 nitrogen and oxygen atoms in total. The summed E-state index contributed by atoms with van der Waals surface area (Å²) in [5.41, 5.74) is 0.0449. The van der Waals surface area contributed by atoms with E-state index in [1.165, 1.54) is 51.6 Å². The molecule has 1 N–H and O–H groups in total. The maximum atomic E-state index is 12.8. The highest BCUT2D eigenvalue weighted by molar-refractivity contribution is 7.89. The molecule has 0 bridgehead atoms. The number of carbonyl (C=O) groups excluding carboxylic acids is 1. The molecule has 1 amide bonds. The molecule has 1 aromatic heterocycles. The number of nitrogens with zero attached hydrogens (tertiary/aromatic N) is 2. The Bertz CT molecular complexity index is 1010. The first-order valence-electron chi connectivity index (χ1n) is 9.90. The fourth-order valence-corrected chi connectivity index (χ4v) is 4.52. The van der Waals surface area contributed by atoms with Crippen molar-refractivity contribution in [1.82, 2.24) is 9.29 Å². The lowest BCUT2D eigenvalue weighted by Crippen LogP contribution is -2.23. The van der Waals surface area contributed by atoms with Gasteiger partial charge in [0.15, 0.2) is 11.6 Å². The third kappa shape index (κ3) is 5.30. The van der Waals surface area contributed by atoms with Crippen LogP contribution in [0.1, 0.15) is 42.5 Å². The van der Waals surface area contributed by atoms with E-state index >= 15 is 0 Å². The summed E-state index contributed by atoms with van der Waals surface area (Å²) in [6.45, 7) is 0.575. The Hall–Kier alpha value is -2.16. The van der Waals surface area contributed by atoms with E-state index in [4.69, 9.17) is 16.3 Å². The van der Waals surface area contributed by atoms with Crippen molar-refractivity contribution in [3.63, 3.8) is 0 Å². The molecule has 1 heterocycles. The third-order valence-electron chi connectivity index (χ3n) is 5.16. The second-order valence-corrected chi connectivity index (χ2v) is 10.1. The molecule has 1 aromatic carbocycles. The number of hydrogen-bond acceptors (Lipinski definition) is 5. The fourth-order valence-electron chi connectivity index (χ4n) is 3.39. The Labute approximate surface area is 182 Å². The van der Waals surface area contributed by atoms with Gasteiger partial charge in [0.1, 0.15) is 0 Å². The Morgan fingerprint density at radius 1 is 1.23 bits per heavy atom. The molecule has 1 aliphatic carbocycles. The zero-order valence-electron chi connectivity index (χ0n) is 17.1. The first-order chi connectivity index (χ1) is 14.3. The van der Waals surface area contributed by atoms with Crippen molar-refractivity contribution < 1.29 is 17.9 Å². The second kappa shape index (κ2) is 9.76. The Kier molecular flexibility index (Phi) is 7.33. The number of hydrogen-bond donors (Lipinski definition) is 1. The molecule has 1 fully saturated rings. The molecule has 0 atom stereocenters. The first kappa shape index (κ1) is 22.5. The van der Waals surface area contributed by atoms with Crippen molar-refractivity contribution in [3.05, 3.63) is 47.1 Å². The largest absolute Gasteiger partial charge is 0.489 e. The van der Waals surface area contributed by atoms with E-state index in [9.17, 15) is 13.2 Å². The minimum Gasteiger partial charge on any atom is -0.489 e. The van der Waals surface area contributed by atoms with Crippen LogP contribution in [0.3, 0.4) is 0 Å². The molecule has 162 valence electrons. The number of carbonyl (C=O) groups is 1. The van der Waals surface area contributed by atoms with Gasteiger partial charge in [0.2, 0.25) is 10.0 Å². The minimum absolute atomic E-state index is 0.0168. The smallest absolute Gasteiger partial charge is 0.258 e. The van der Waals surface area contributed by atoms with Crippen LogP contribution in [-0.4, -0.2) is 44.3 Å². The van der Waals surface area contributed by atoms with Crippen molar-refractivity contribution in [2.24, 2.45) is 5.92 Å². The Morgan fingerprint density at radius 3 is 2.67 bits per heavy atom. The SMILES string of the molecule is CN(C)S(=O)(=O)c1ccc(Cl)c(C(=O)Nc2ncccc2OCC2CCCCC2)c1. The van der Waals surface area contributed by atoms with Gasteiger partial charge in [-0.25, -0.2) is 17.7 Å². The van der Waals surface area contributed by atoms with Gasteiger partial charge in [0.25, 0.3) is 5.91 Å². The highest BCUT2D eigenvalue weighted by Gasteiger charge is 2.22. The van der Waals surface area contributed by atoms with Crippen LogP contribution in [0, 0.1) is 5.92 Å². The molecular formula is C21H26ClN3O4S. The Balaban J connectivity index is 1.78. The van der Waals surface area contributed by atoms with Crippen molar-refractivity contribution in [2.45, 2.75) is 37.0 Å². The van der Waals surface area contributed by atoms with E-state index < -0.39 is 15.9 Å². The van der Waals surface area contributed by atoms with E-state index in [2.05, 4.69) is 10.3 Å². The van der Waals surface area contributed by atoms with Gasteiger partial charge in [-0.2, -0.15) is 0 Å². The van der Waals surface area contributed by atoms with Crippen LogP contribution in [0.4, 0.5) is 5.82 Å². The fraction of sp³-hybridized carbons (Fsp3) is 0.429. The minimum atomic E-state index is -3.70. The predicted molar refractivity (Wildman–Crippen MR) is 117 cm³/mol. The molecule has 0 saturated heterocycles. The van der Waals surface area contributed by atoms with Crippen molar-refractivity contribution >= 4 is 33.3 Å². The van der Waals surface area contributed by atoms with Crippen LogP contribution in [-0.2, 0) is 10.0 Å². The number of pyridine rings is 1. The van der Waals surface area contributed by atoms with Crippen LogP contribution in [0.2, 0.25) is 5.02 Å².